The van der Waals surface area contributed by atoms with Gasteiger partial charge in [0.15, 0.2) is 0 Å². The number of aromatic nitrogens is 2. The molecule has 0 aromatic carbocycles. The van der Waals surface area contributed by atoms with E-state index in [1.165, 1.54) is 28.5 Å². The van der Waals surface area contributed by atoms with Crippen LogP contribution in [0.3, 0.4) is 0 Å². The number of nitrogens with zero attached hydrogens (tertiary/aromatic N) is 3. The maximum absolute atomic E-state index is 13.1. The SMILES string of the molecule is Cc1c(C=NNC(=O)OC(C)(C)C)sc2c1c(=O)n(C1CC1)c(=O)n2CC1CCC1. The Hall–Kier alpha value is -2.42. The molecule has 0 spiro atoms. The summed E-state index contributed by atoms with van der Waals surface area (Å²) >= 11 is 1.37. The van der Waals surface area contributed by atoms with E-state index < -0.39 is 11.7 Å². The number of thiophene rings is 1. The zero-order valence-corrected chi connectivity index (χ0v) is 18.7. The largest absolute Gasteiger partial charge is 0.443 e. The first-order chi connectivity index (χ1) is 14.2. The van der Waals surface area contributed by atoms with Crippen molar-refractivity contribution in [2.45, 2.75) is 78.0 Å². The lowest BCUT2D eigenvalue weighted by atomic mass is 9.85. The van der Waals surface area contributed by atoms with Gasteiger partial charge in [-0.15, -0.1) is 11.3 Å². The van der Waals surface area contributed by atoms with Crippen molar-refractivity contribution in [3.63, 3.8) is 0 Å². The van der Waals surface area contributed by atoms with E-state index in [2.05, 4.69) is 10.5 Å². The highest BCUT2D eigenvalue weighted by Crippen LogP contribution is 2.35. The van der Waals surface area contributed by atoms with Crippen LogP contribution in [0.2, 0.25) is 0 Å². The van der Waals surface area contributed by atoms with Gasteiger partial charge < -0.3 is 4.74 Å². The highest BCUT2D eigenvalue weighted by Gasteiger charge is 2.31. The van der Waals surface area contributed by atoms with Gasteiger partial charge in [0.1, 0.15) is 10.4 Å². The van der Waals surface area contributed by atoms with Gasteiger partial charge >= 0.3 is 11.8 Å². The molecule has 1 N–H and O–H groups in total. The van der Waals surface area contributed by atoms with Crippen LogP contribution in [0.15, 0.2) is 14.7 Å². The van der Waals surface area contributed by atoms with Crippen LogP contribution in [-0.4, -0.2) is 27.0 Å². The molecule has 2 aromatic rings. The minimum Gasteiger partial charge on any atom is -0.443 e. The van der Waals surface area contributed by atoms with Gasteiger partial charge in [0.25, 0.3) is 5.56 Å². The summed E-state index contributed by atoms with van der Waals surface area (Å²) in [5.41, 5.74) is 2.12. The van der Waals surface area contributed by atoms with E-state index in [1.54, 1.807) is 25.3 Å². The van der Waals surface area contributed by atoms with Crippen molar-refractivity contribution in [1.82, 2.24) is 14.6 Å². The molecule has 162 valence electrons. The van der Waals surface area contributed by atoms with E-state index in [9.17, 15) is 14.4 Å². The summed E-state index contributed by atoms with van der Waals surface area (Å²) in [6.07, 6.45) is 6.06. The topological polar surface area (TPSA) is 94.7 Å². The molecule has 0 unspecified atom stereocenters. The third kappa shape index (κ3) is 4.08. The zero-order chi connectivity index (χ0) is 21.6. The highest BCUT2D eigenvalue weighted by atomic mass is 32.1. The van der Waals surface area contributed by atoms with Crippen LogP contribution < -0.4 is 16.7 Å². The van der Waals surface area contributed by atoms with Crippen LogP contribution in [0.25, 0.3) is 10.2 Å². The first-order valence-electron chi connectivity index (χ1n) is 10.5. The second kappa shape index (κ2) is 7.68. The smallest absolute Gasteiger partial charge is 0.428 e. The molecule has 0 aliphatic heterocycles. The number of carbonyl (C=O) groups excluding carboxylic acids is 1. The van der Waals surface area contributed by atoms with E-state index in [0.29, 0.717) is 22.7 Å². The number of carbonyl (C=O) groups is 1. The van der Waals surface area contributed by atoms with Gasteiger partial charge in [0.2, 0.25) is 0 Å². The maximum atomic E-state index is 13.1. The predicted molar refractivity (Wildman–Crippen MR) is 118 cm³/mol. The molecular formula is C21H28N4O4S. The van der Waals surface area contributed by atoms with Gasteiger partial charge in [-0.1, -0.05) is 6.42 Å². The second-order valence-corrected chi connectivity index (χ2v) is 10.3. The van der Waals surface area contributed by atoms with Gasteiger partial charge in [-0.25, -0.2) is 15.0 Å². The molecule has 0 atom stereocenters. The monoisotopic (exact) mass is 432 g/mol. The van der Waals surface area contributed by atoms with Gasteiger partial charge in [0, 0.05) is 12.6 Å². The zero-order valence-electron chi connectivity index (χ0n) is 17.9. The number of fused-ring (bicyclic) bond motifs is 1. The first kappa shape index (κ1) is 20.8. The van der Waals surface area contributed by atoms with E-state index >= 15 is 0 Å². The van der Waals surface area contributed by atoms with Crippen LogP contribution in [0, 0.1) is 12.8 Å². The van der Waals surface area contributed by atoms with Crippen molar-refractivity contribution in [2.24, 2.45) is 11.0 Å². The Morgan fingerprint density at radius 3 is 2.53 bits per heavy atom. The molecule has 4 rings (SSSR count). The number of hydrogen-bond donors (Lipinski definition) is 1. The first-order valence-corrected chi connectivity index (χ1v) is 11.3. The summed E-state index contributed by atoms with van der Waals surface area (Å²) in [5.74, 6) is 0.490. The molecular weight excluding hydrogens is 404 g/mol. The van der Waals surface area contributed by atoms with Crippen molar-refractivity contribution in [2.75, 3.05) is 0 Å². The van der Waals surface area contributed by atoms with Crippen LogP contribution in [-0.2, 0) is 11.3 Å². The Labute approximate surface area is 178 Å². The summed E-state index contributed by atoms with van der Waals surface area (Å²) in [6.45, 7) is 7.84. The normalized spacial score (nSPS) is 17.5. The number of amides is 1. The van der Waals surface area contributed by atoms with Crippen molar-refractivity contribution in [3.05, 3.63) is 31.3 Å². The summed E-state index contributed by atoms with van der Waals surface area (Å²) in [6, 6.07) is 0.0206. The molecule has 2 aromatic heterocycles. The minimum atomic E-state index is -0.643. The Morgan fingerprint density at radius 2 is 1.97 bits per heavy atom. The molecule has 30 heavy (non-hydrogen) atoms. The number of hydrogen-bond acceptors (Lipinski definition) is 6. The second-order valence-electron chi connectivity index (χ2n) is 9.24. The van der Waals surface area contributed by atoms with E-state index in [0.717, 1.165) is 36.1 Å². The average molecular weight is 433 g/mol. The number of hydrazone groups is 1. The maximum Gasteiger partial charge on any atom is 0.428 e. The molecule has 2 aliphatic rings. The molecule has 0 radical (unpaired) electrons. The Balaban J connectivity index is 1.71. The molecule has 8 nitrogen and oxygen atoms in total. The Morgan fingerprint density at radius 1 is 1.27 bits per heavy atom. The summed E-state index contributed by atoms with van der Waals surface area (Å²) in [4.78, 5) is 39.5. The van der Waals surface area contributed by atoms with E-state index in [-0.39, 0.29) is 17.3 Å². The van der Waals surface area contributed by atoms with Crippen molar-refractivity contribution >= 4 is 33.9 Å². The molecule has 2 fully saturated rings. The minimum absolute atomic E-state index is 0.0206. The van der Waals surface area contributed by atoms with Gasteiger partial charge in [0.05, 0.1) is 16.5 Å². The summed E-state index contributed by atoms with van der Waals surface area (Å²) in [5, 5.41) is 4.57. The lowest BCUT2D eigenvalue weighted by Gasteiger charge is -2.26. The third-order valence-corrected chi connectivity index (χ3v) is 6.84. The summed E-state index contributed by atoms with van der Waals surface area (Å²) < 4.78 is 8.40. The Kier molecular flexibility index (Phi) is 5.34. The summed E-state index contributed by atoms with van der Waals surface area (Å²) in [7, 11) is 0. The molecule has 1 amide bonds. The fourth-order valence-electron chi connectivity index (χ4n) is 3.70. The fourth-order valence-corrected chi connectivity index (χ4v) is 4.87. The average Bonchev–Trinajstić information content (AvgIpc) is 3.36. The third-order valence-electron chi connectivity index (χ3n) is 5.59. The molecule has 2 heterocycles. The van der Waals surface area contributed by atoms with Crippen LogP contribution in [0.4, 0.5) is 4.79 Å². The number of rotatable bonds is 5. The van der Waals surface area contributed by atoms with Crippen molar-refractivity contribution < 1.29 is 9.53 Å². The van der Waals surface area contributed by atoms with Crippen LogP contribution in [0.1, 0.15) is 69.4 Å². The molecule has 2 saturated carbocycles. The lowest BCUT2D eigenvalue weighted by molar-refractivity contribution is 0.0529. The molecule has 0 bridgehead atoms. The number of nitrogens with one attached hydrogen (secondary N) is 1. The Bertz CT molecular complexity index is 1130. The van der Waals surface area contributed by atoms with Gasteiger partial charge in [-0.3, -0.25) is 13.9 Å². The van der Waals surface area contributed by atoms with Gasteiger partial charge in [-0.05, 0) is 64.9 Å². The van der Waals surface area contributed by atoms with Crippen LogP contribution in [0.5, 0.6) is 0 Å². The molecule has 2 aliphatic carbocycles. The van der Waals surface area contributed by atoms with E-state index in [4.69, 9.17) is 4.74 Å². The number of ether oxygens (including phenoxy) is 1. The van der Waals surface area contributed by atoms with Gasteiger partial charge in [-0.2, -0.15) is 5.10 Å². The number of aryl methyl sites for hydroxylation is 1. The quantitative estimate of drug-likeness (QED) is 0.578. The lowest BCUT2D eigenvalue weighted by Crippen LogP contribution is -2.40. The highest BCUT2D eigenvalue weighted by molar-refractivity contribution is 7.20. The predicted octanol–water partition coefficient (Wildman–Crippen LogP) is 3.53. The van der Waals surface area contributed by atoms with E-state index in [1.807, 2.05) is 6.92 Å². The van der Waals surface area contributed by atoms with Crippen molar-refractivity contribution in [1.29, 1.82) is 0 Å². The molecule has 0 saturated heterocycles. The molecule has 9 heteroatoms. The van der Waals surface area contributed by atoms with Crippen LogP contribution >= 0.6 is 11.3 Å². The fraction of sp³-hybridized carbons (Fsp3) is 0.619. The van der Waals surface area contributed by atoms with Crippen molar-refractivity contribution in [3.8, 4) is 0 Å². The standard InChI is InChI=1S/C21H28N4O4S/c1-12-15(10-22-23-19(27)29-21(2,3)4)30-18-16(12)17(26)25(14-8-9-14)20(28)24(18)11-13-6-5-7-13/h10,13-14H,5-9,11H2,1-4H3,(H,23,27).